The van der Waals surface area contributed by atoms with Crippen LogP contribution in [0.3, 0.4) is 0 Å². The minimum Gasteiger partial charge on any atom is -0.358 e. The lowest BCUT2D eigenvalue weighted by Gasteiger charge is -2.30. The molecule has 1 amide bonds. The van der Waals surface area contributed by atoms with E-state index in [1.807, 2.05) is 25.1 Å². The number of rotatable bonds is 9. The number of carbonyl (C=O) groups excluding carboxylic acids is 1. The van der Waals surface area contributed by atoms with Gasteiger partial charge in [0.1, 0.15) is 0 Å². The molecular weight excluding hydrogens is 462 g/mol. The Morgan fingerprint density at radius 3 is 2.57 bits per heavy atom. The Morgan fingerprint density at radius 2 is 1.84 bits per heavy atom. The maximum absolute atomic E-state index is 13.7. The van der Waals surface area contributed by atoms with Gasteiger partial charge in [0, 0.05) is 30.5 Å². The van der Waals surface area contributed by atoms with E-state index in [-0.39, 0.29) is 29.5 Å². The molecule has 7 nitrogen and oxygen atoms in total. The van der Waals surface area contributed by atoms with Crippen LogP contribution in [0.15, 0.2) is 59.7 Å². The first-order valence-electron chi connectivity index (χ1n) is 13.4. The lowest BCUT2D eigenvalue weighted by molar-refractivity contribution is 0.0951. The van der Waals surface area contributed by atoms with Gasteiger partial charge in [0.25, 0.3) is 11.5 Å². The van der Waals surface area contributed by atoms with Crippen molar-refractivity contribution in [2.45, 2.75) is 58.5 Å². The number of amides is 1. The molecule has 3 aromatic rings. The molecule has 1 aliphatic carbocycles. The fourth-order valence-electron chi connectivity index (χ4n) is 5.29. The van der Waals surface area contributed by atoms with Gasteiger partial charge in [-0.1, -0.05) is 37.3 Å². The third-order valence-electron chi connectivity index (χ3n) is 7.61. The van der Waals surface area contributed by atoms with Gasteiger partial charge in [-0.25, -0.2) is 4.98 Å². The zero-order chi connectivity index (χ0) is 25.9. The number of nitrogens with one attached hydrogen (secondary N) is 2. The van der Waals surface area contributed by atoms with Crippen molar-refractivity contribution in [2.24, 2.45) is 5.92 Å². The van der Waals surface area contributed by atoms with Crippen LogP contribution in [-0.2, 0) is 0 Å². The van der Waals surface area contributed by atoms with Gasteiger partial charge in [0.05, 0.1) is 11.7 Å². The molecule has 2 heterocycles. The van der Waals surface area contributed by atoms with Crippen LogP contribution in [0.4, 0.5) is 5.82 Å². The monoisotopic (exact) mass is 499 g/mol. The molecule has 0 spiro atoms. The Balaban J connectivity index is 1.46. The fourth-order valence-corrected chi connectivity index (χ4v) is 5.29. The summed E-state index contributed by atoms with van der Waals surface area (Å²) in [4.78, 5) is 33.4. The minimum atomic E-state index is -0.225. The highest BCUT2D eigenvalue weighted by Crippen LogP contribution is 2.29. The number of benzene rings is 2. The molecule has 1 aliphatic heterocycles. The summed E-state index contributed by atoms with van der Waals surface area (Å²) >= 11 is 0. The van der Waals surface area contributed by atoms with Crippen molar-refractivity contribution in [3.8, 4) is 5.69 Å². The predicted molar refractivity (Wildman–Crippen MR) is 147 cm³/mol. The molecule has 2 aliphatic rings. The van der Waals surface area contributed by atoms with Gasteiger partial charge in [0.15, 0.2) is 5.82 Å². The largest absolute Gasteiger partial charge is 0.358 e. The number of carbonyl (C=O) groups is 1. The summed E-state index contributed by atoms with van der Waals surface area (Å²) in [6, 6.07) is 14.1. The lowest BCUT2D eigenvalue weighted by atomic mass is 9.91. The highest BCUT2D eigenvalue weighted by atomic mass is 16.2. The van der Waals surface area contributed by atoms with Crippen molar-refractivity contribution in [1.82, 2.24) is 19.8 Å². The van der Waals surface area contributed by atoms with Crippen LogP contribution >= 0.6 is 0 Å². The third-order valence-corrected chi connectivity index (χ3v) is 7.61. The average Bonchev–Trinajstić information content (AvgIpc) is 3.56. The normalized spacial score (nSPS) is 17.4. The van der Waals surface area contributed by atoms with Gasteiger partial charge in [-0.05, 0) is 87.4 Å². The van der Waals surface area contributed by atoms with Gasteiger partial charge in [-0.15, -0.1) is 0 Å². The van der Waals surface area contributed by atoms with E-state index in [0.29, 0.717) is 17.1 Å². The maximum atomic E-state index is 13.7. The number of hydrogen-bond acceptors (Lipinski definition) is 5. The SMILES string of the molecule is Cc1ccccc1[C@H](Nc1nccn(-c2cc(C(=O)NC3CC3)ccc2C)c1=O)[C@@H](C)CN1CCCC1. The van der Waals surface area contributed by atoms with Gasteiger partial charge in [0.2, 0.25) is 0 Å². The van der Waals surface area contributed by atoms with Crippen LogP contribution in [0.1, 0.15) is 65.7 Å². The Bertz CT molecular complexity index is 1320. The molecular formula is C30H37N5O2. The number of anilines is 1. The van der Waals surface area contributed by atoms with Gasteiger partial charge >= 0.3 is 0 Å². The summed E-state index contributed by atoms with van der Waals surface area (Å²) in [5, 5.41) is 6.56. The molecule has 0 bridgehead atoms. The number of aryl methyl sites for hydroxylation is 2. The number of likely N-dealkylation sites (tertiary alicyclic amines) is 1. The summed E-state index contributed by atoms with van der Waals surface area (Å²) in [5.41, 5.74) is 4.31. The van der Waals surface area contributed by atoms with Crippen LogP contribution in [0.25, 0.3) is 5.69 Å². The molecule has 1 saturated heterocycles. The van der Waals surface area contributed by atoms with Crippen LogP contribution in [0.5, 0.6) is 0 Å². The summed E-state index contributed by atoms with van der Waals surface area (Å²) in [5.74, 6) is 0.487. The molecule has 1 aromatic heterocycles. The van der Waals surface area contributed by atoms with Crippen molar-refractivity contribution >= 4 is 11.7 Å². The fraction of sp³-hybridized carbons (Fsp3) is 0.433. The van der Waals surface area contributed by atoms with Gasteiger partial charge in [-0.3, -0.25) is 14.2 Å². The molecule has 194 valence electrons. The molecule has 2 fully saturated rings. The van der Waals surface area contributed by atoms with Gasteiger partial charge in [-0.2, -0.15) is 0 Å². The average molecular weight is 500 g/mol. The summed E-state index contributed by atoms with van der Waals surface area (Å²) in [6.45, 7) is 9.54. The highest BCUT2D eigenvalue weighted by Gasteiger charge is 2.26. The van der Waals surface area contributed by atoms with Crippen LogP contribution in [0, 0.1) is 19.8 Å². The first kappa shape index (κ1) is 25.2. The maximum Gasteiger partial charge on any atom is 0.297 e. The van der Waals surface area contributed by atoms with E-state index >= 15 is 0 Å². The van der Waals surface area contributed by atoms with E-state index in [1.54, 1.807) is 23.0 Å². The first-order valence-corrected chi connectivity index (χ1v) is 13.4. The van der Waals surface area contributed by atoms with Crippen molar-refractivity contribution in [3.05, 3.63) is 87.5 Å². The topological polar surface area (TPSA) is 79.3 Å². The minimum absolute atomic E-state index is 0.0606. The zero-order valence-electron chi connectivity index (χ0n) is 22.0. The predicted octanol–water partition coefficient (Wildman–Crippen LogP) is 4.63. The van der Waals surface area contributed by atoms with Crippen LogP contribution < -0.4 is 16.2 Å². The third kappa shape index (κ3) is 5.77. The van der Waals surface area contributed by atoms with E-state index in [0.717, 1.165) is 38.0 Å². The second kappa shape index (κ2) is 10.9. The van der Waals surface area contributed by atoms with E-state index in [9.17, 15) is 9.59 Å². The van der Waals surface area contributed by atoms with Crippen molar-refractivity contribution in [1.29, 1.82) is 0 Å². The first-order chi connectivity index (χ1) is 17.9. The molecule has 0 unspecified atom stereocenters. The smallest absolute Gasteiger partial charge is 0.297 e. The Kier molecular flexibility index (Phi) is 7.42. The number of nitrogens with zero attached hydrogens (tertiary/aromatic N) is 3. The molecule has 5 rings (SSSR count). The lowest BCUT2D eigenvalue weighted by Crippen LogP contribution is -2.34. The summed E-state index contributed by atoms with van der Waals surface area (Å²) in [7, 11) is 0. The number of hydrogen-bond donors (Lipinski definition) is 2. The van der Waals surface area contributed by atoms with E-state index in [4.69, 9.17) is 0 Å². The molecule has 1 saturated carbocycles. The second-order valence-corrected chi connectivity index (χ2v) is 10.7. The highest BCUT2D eigenvalue weighted by molar-refractivity contribution is 5.95. The van der Waals surface area contributed by atoms with Crippen molar-refractivity contribution in [2.75, 3.05) is 25.0 Å². The second-order valence-electron chi connectivity index (χ2n) is 10.7. The summed E-state index contributed by atoms with van der Waals surface area (Å²) in [6.07, 6.45) is 7.88. The quantitative estimate of drug-likeness (QED) is 0.449. The standard InChI is InChI=1S/C30H37N5O2/c1-20-8-4-5-9-25(20)27(22(3)19-34-15-6-7-16-34)33-28-30(37)35(17-14-31-28)26-18-23(11-10-21(26)2)29(36)32-24-12-13-24/h4-5,8-11,14,17-18,22,24,27H,6-7,12-13,15-16,19H2,1-3H3,(H,31,33)(H,32,36)/t22-,27+/m0/s1. The molecule has 2 aromatic carbocycles. The van der Waals surface area contributed by atoms with E-state index in [2.05, 4.69) is 52.6 Å². The van der Waals surface area contributed by atoms with E-state index < -0.39 is 0 Å². The van der Waals surface area contributed by atoms with Gasteiger partial charge < -0.3 is 15.5 Å². The Hall–Kier alpha value is -3.45. The van der Waals surface area contributed by atoms with Crippen molar-refractivity contribution in [3.63, 3.8) is 0 Å². The summed E-state index contributed by atoms with van der Waals surface area (Å²) < 4.78 is 1.60. The Labute approximate surface area is 218 Å². The van der Waals surface area contributed by atoms with Crippen LogP contribution in [0.2, 0.25) is 0 Å². The molecule has 2 atom stereocenters. The number of aromatic nitrogens is 2. The molecule has 7 heteroatoms. The molecule has 2 N–H and O–H groups in total. The van der Waals surface area contributed by atoms with Crippen LogP contribution in [-0.4, -0.2) is 46.0 Å². The van der Waals surface area contributed by atoms with Crippen molar-refractivity contribution < 1.29 is 4.79 Å². The zero-order valence-corrected chi connectivity index (χ0v) is 22.0. The molecule has 37 heavy (non-hydrogen) atoms. The van der Waals surface area contributed by atoms with E-state index in [1.165, 1.54) is 24.0 Å². The molecule has 0 radical (unpaired) electrons. The Morgan fingerprint density at radius 1 is 1.08 bits per heavy atom.